The van der Waals surface area contributed by atoms with Gasteiger partial charge in [-0.15, -0.1) is 5.10 Å². The van der Waals surface area contributed by atoms with E-state index in [1.54, 1.807) is 0 Å². The second-order valence-electron chi connectivity index (χ2n) is 5.13. The van der Waals surface area contributed by atoms with E-state index in [4.69, 9.17) is 4.42 Å². The number of nitrogens with zero attached hydrogens (tertiary/aromatic N) is 3. The van der Waals surface area contributed by atoms with Crippen LogP contribution in [0.25, 0.3) is 0 Å². The first-order valence-corrected chi connectivity index (χ1v) is 7.84. The molecule has 2 aromatic rings. The zero-order valence-corrected chi connectivity index (χ0v) is 12.5. The Morgan fingerprint density at radius 1 is 1.32 bits per heavy atom. The van der Waals surface area contributed by atoms with Crippen LogP contribution in [0, 0.1) is 10.1 Å². The lowest BCUT2D eigenvalue weighted by Crippen LogP contribution is -2.10. The van der Waals surface area contributed by atoms with Crippen LogP contribution in [0.4, 0.5) is 11.0 Å². The van der Waals surface area contributed by atoms with Gasteiger partial charge in [0.2, 0.25) is 5.89 Å². The first-order valence-electron chi connectivity index (χ1n) is 7.02. The maximum atomic E-state index is 12.0. The lowest BCUT2D eigenvalue weighted by atomic mass is 9.89. The van der Waals surface area contributed by atoms with Gasteiger partial charge in [0.25, 0.3) is 5.91 Å². The Morgan fingerprint density at radius 2 is 2.09 bits per heavy atom. The maximum Gasteiger partial charge on any atom is 0.324 e. The molecule has 116 valence electrons. The number of nitrogens with one attached hydrogen (secondary N) is 1. The van der Waals surface area contributed by atoms with Crippen LogP contribution in [0.5, 0.6) is 0 Å². The third kappa shape index (κ3) is 3.14. The van der Waals surface area contributed by atoms with Crippen LogP contribution in [0.1, 0.15) is 53.6 Å². The van der Waals surface area contributed by atoms with Gasteiger partial charge < -0.3 is 4.42 Å². The van der Waals surface area contributed by atoms with Crippen LogP contribution < -0.4 is 5.32 Å². The normalized spacial score (nSPS) is 15.6. The van der Waals surface area contributed by atoms with Gasteiger partial charge in [-0.2, -0.15) is 0 Å². The summed E-state index contributed by atoms with van der Waals surface area (Å²) < 4.78 is 5.49. The van der Waals surface area contributed by atoms with Gasteiger partial charge in [-0.25, -0.2) is 0 Å². The fourth-order valence-corrected chi connectivity index (χ4v) is 3.22. The Balaban J connectivity index is 1.66. The highest BCUT2D eigenvalue weighted by Crippen LogP contribution is 2.32. The molecule has 0 aromatic carbocycles. The molecule has 22 heavy (non-hydrogen) atoms. The van der Waals surface area contributed by atoms with E-state index in [9.17, 15) is 14.9 Å². The molecule has 0 atom stereocenters. The standard InChI is InChI=1S/C13H14N4O4S/c18-11(9-6-7-10(22-9)17(19)20)14-13-16-15-12(21-13)8-4-2-1-3-5-8/h6-8H,1-5H2,(H,14,16,18). The number of rotatable bonds is 4. The third-order valence-corrected chi connectivity index (χ3v) is 4.65. The summed E-state index contributed by atoms with van der Waals surface area (Å²) in [4.78, 5) is 22.3. The molecule has 0 saturated heterocycles. The van der Waals surface area contributed by atoms with E-state index in [0.717, 1.165) is 37.0 Å². The molecule has 9 heteroatoms. The van der Waals surface area contributed by atoms with Gasteiger partial charge in [0.1, 0.15) is 0 Å². The van der Waals surface area contributed by atoms with Gasteiger partial charge >= 0.3 is 11.0 Å². The van der Waals surface area contributed by atoms with Crippen LogP contribution in [0.15, 0.2) is 16.5 Å². The zero-order valence-electron chi connectivity index (χ0n) is 11.7. The zero-order chi connectivity index (χ0) is 15.5. The van der Waals surface area contributed by atoms with E-state index < -0.39 is 10.8 Å². The third-order valence-electron chi connectivity index (χ3n) is 3.61. The van der Waals surface area contributed by atoms with Crippen molar-refractivity contribution in [3.8, 4) is 0 Å². The molecule has 1 saturated carbocycles. The monoisotopic (exact) mass is 322 g/mol. The Labute approximate surface area is 129 Å². The van der Waals surface area contributed by atoms with Crippen molar-refractivity contribution in [1.29, 1.82) is 0 Å². The average Bonchev–Trinajstić information content (AvgIpc) is 3.17. The SMILES string of the molecule is O=C(Nc1nnc(C2CCCCC2)o1)c1ccc([N+](=O)[O-])s1. The van der Waals surface area contributed by atoms with Crippen LogP contribution in [0.2, 0.25) is 0 Å². The van der Waals surface area contributed by atoms with Gasteiger partial charge in [-0.1, -0.05) is 35.7 Å². The number of anilines is 1. The molecule has 1 aliphatic carbocycles. The fraction of sp³-hybridized carbons (Fsp3) is 0.462. The minimum absolute atomic E-state index is 0.0293. The van der Waals surface area contributed by atoms with Crippen molar-refractivity contribution in [2.45, 2.75) is 38.0 Å². The number of nitro groups is 1. The predicted octanol–water partition coefficient (Wildman–Crippen LogP) is 3.34. The second-order valence-corrected chi connectivity index (χ2v) is 6.19. The summed E-state index contributed by atoms with van der Waals surface area (Å²) in [5.74, 6) is 0.318. The van der Waals surface area contributed by atoms with E-state index in [1.807, 2.05) is 0 Å². The van der Waals surface area contributed by atoms with Gasteiger partial charge in [0.05, 0.1) is 9.80 Å². The van der Waals surface area contributed by atoms with Gasteiger partial charge in [0, 0.05) is 12.0 Å². The first-order chi connectivity index (χ1) is 10.6. The highest BCUT2D eigenvalue weighted by Gasteiger charge is 2.22. The molecular weight excluding hydrogens is 308 g/mol. The maximum absolute atomic E-state index is 12.0. The number of amides is 1. The molecule has 0 bridgehead atoms. The number of thiophene rings is 1. The molecule has 0 spiro atoms. The Bertz CT molecular complexity index is 690. The molecule has 8 nitrogen and oxygen atoms in total. The minimum Gasteiger partial charge on any atom is -0.408 e. The molecule has 1 N–H and O–H groups in total. The highest BCUT2D eigenvalue weighted by molar-refractivity contribution is 7.17. The van der Waals surface area contributed by atoms with E-state index in [0.29, 0.717) is 5.89 Å². The quantitative estimate of drug-likeness (QED) is 0.682. The smallest absolute Gasteiger partial charge is 0.324 e. The number of carbonyl (C=O) groups is 1. The average molecular weight is 322 g/mol. The van der Waals surface area contributed by atoms with Gasteiger partial charge in [-0.3, -0.25) is 20.2 Å². The molecule has 0 aliphatic heterocycles. The molecule has 2 aromatic heterocycles. The van der Waals surface area contributed by atoms with E-state index in [-0.39, 0.29) is 21.8 Å². The van der Waals surface area contributed by atoms with Crippen molar-refractivity contribution in [2.24, 2.45) is 0 Å². The number of aromatic nitrogens is 2. The summed E-state index contributed by atoms with van der Waals surface area (Å²) in [7, 11) is 0. The van der Waals surface area contributed by atoms with Crippen LogP contribution in [0.3, 0.4) is 0 Å². The Morgan fingerprint density at radius 3 is 2.77 bits per heavy atom. The number of hydrogen-bond donors (Lipinski definition) is 1. The fourth-order valence-electron chi connectivity index (χ4n) is 2.51. The van der Waals surface area contributed by atoms with Crippen molar-refractivity contribution < 1.29 is 14.1 Å². The Hall–Kier alpha value is -2.29. The van der Waals surface area contributed by atoms with Crippen molar-refractivity contribution in [3.05, 3.63) is 33.0 Å². The molecule has 0 unspecified atom stereocenters. The highest BCUT2D eigenvalue weighted by atomic mass is 32.1. The summed E-state index contributed by atoms with van der Waals surface area (Å²) in [5.41, 5.74) is 0. The van der Waals surface area contributed by atoms with Crippen LogP contribution in [-0.2, 0) is 0 Å². The van der Waals surface area contributed by atoms with Crippen LogP contribution in [-0.4, -0.2) is 21.0 Å². The van der Waals surface area contributed by atoms with Crippen molar-refractivity contribution in [3.63, 3.8) is 0 Å². The molecule has 0 radical (unpaired) electrons. The van der Waals surface area contributed by atoms with Crippen molar-refractivity contribution in [1.82, 2.24) is 10.2 Å². The molecule has 1 amide bonds. The summed E-state index contributed by atoms with van der Waals surface area (Å²) in [6, 6.07) is 2.72. The molecule has 2 heterocycles. The molecule has 1 fully saturated rings. The summed E-state index contributed by atoms with van der Waals surface area (Å²) in [5, 5.41) is 20.8. The second kappa shape index (κ2) is 6.22. The number of hydrogen-bond acceptors (Lipinski definition) is 7. The van der Waals surface area contributed by atoms with E-state index >= 15 is 0 Å². The predicted molar refractivity (Wildman–Crippen MR) is 79.1 cm³/mol. The minimum atomic E-state index is -0.532. The summed E-state index contributed by atoms with van der Waals surface area (Å²) in [6.07, 6.45) is 5.56. The largest absolute Gasteiger partial charge is 0.408 e. The molecular formula is C13H14N4O4S. The summed E-state index contributed by atoms with van der Waals surface area (Å²) in [6.45, 7) is 0. The Kier molecular flexibility index (Phi) is 4.14. The summed E-state index contributed by atoms with van der Waals surface area (Å²) >= 11 is 0.802. The van der Waals surface area contributed by atoms with Gasteiger partial charge in [-0.05, 0) is 18.9 Å². The topological polar surface area (TPSA) is 111 Å². The number of carbonyl (C=O) groups excluding carboxylic acids is 1. The van der Waals surface area contributed by atoms with E-state index in [2.05, 4.69) is 15.5 Å². The lowest BCUT2D eigenvalue weighted by Gasteiger charge is -2.17. The van der Waals surface area contributed by atoms with Crippen molar-refractivity contribution in [2.75, 3.05) is 5.32 Å². The first kappa shape index (κ1) is 14.6. The van der Waals surface area contributed by atoms with Gasteiger partial charge in [0.15, 0.2) is 0 Å². The van der Waals surface area contributed by atoms with Crippen molar-refractivity contribution >= 4 is 28.3 Å². The lowest BCUT2D eigenvalue weighted by molar-refractivity contribution is -0.380. The molecule has 3 rings (SSSR count). The van der Waals surface area contributed by atoms with E-state index in [1.165, 1.54) is 18.6 Å². The molecule has 1 aliphatic rings. The van der Waals surface area contributed by atoms with Crippen LogP contribution >= 0.6 is 11.3 Å².